The average molecular weight is 449 g/mol. The quantitative estimate of drug-likeness (QED) is 0.468. The van der Waals surface area contributed by atoms with Gasteiger partial charge in [0.25, 0.3) is 0 Å². The summed E-state index contributed by atoms with van der Waals surface area (Å²) in [7, 11) is -3.72. The highest BCUT2D eigenvalue weighted by Crippen LogP contribution is 2.33. The number of nitrogens with zero attached hydrogens (tertiary/aromatic N) is 4. The van der Waals surface area contributed by atoms with E-state index in [9.17, 15) is 8.42 Å². The van der Waals surface area contributed by atoms with Gasteiger partial charge in [0.2, 0.25) is 10.0 Å². The second kappa shape index (κ2) is 8.33. The third kappa shape index (κ3) is 3.96. The first-order valence-electron chi connectivity index (χ1n) is 10.7. The number of nitrogens with one attached hydrogen (secondary N) is 1. The molecule has 2 aromatic carbocycles. The van der Waals surface area contributed by atoms with E-state index in [0.717, 1.165) is 35.0 Å². The highest BCUT2D eigenvalue weighted by atomic mass is 32.2. The van der Waals surface area contributed by atoms with Crippen molar-refractivity contribution >= 4 is 26.6 Å². The Kier molecular flexibility index (Phi) is 5.36. The van der Waals surface area contributed by atoms with Gasteiger partial charge in [0, 0.05) is 28.9 Å². The number of primary sulfonamides is 1. The van der Waals surface area contributed by atoms with Crippen LogP contribution in [0.5, 0.6) is 0 Å². The van der Waals surface area contributed by atoms with Gasteiger partial charge in [-0.25, -0.2) is 18.2 Å². The fraction of sp³-hybridized carbons (Fsp3) is 0.261. The van der Waals surface area contributed by atoms with Gasteiger partial charge in [-0.1, -0.05) is 35.5 Å². The zero-order chi connectivity index (χ0) is 22.1. The van der Waals surface area contributed by atoms with E-state index in [1.807, 2.05) is 16.8 Å². The molecule has 9 heteroatoms. The van der Waals surface area contributed by atoms with Gasteiger partial charge in [-0.3, -0.25) is 4.98 Å². The summed E-state index contributed by atoms with van der Waals surface area (Å²) >= 11 is 0. The van der Waals surface area contributed by atoms with Crippen molar-refractivity contribution in [2.75, 3.05) is 11.9 Å². The van der Waals surface area contributed by atoms with Crippen LogP contribution in [0.2, 0.25) is 0 Å². The van der Waals surface area contributed by atoms with Crippen LogP contribution in [0.4, 0.5) is 5.69 Å². The number of benzene rings is 2. The van der Waals surface area contributed by atoms with Crippen LogP contribution in [0.3, 0.4) is 0 Å². The molecule has 0 atom stereocenters. The van der Waals surface area contributed by atoms with E-state index in [1.165, 1.54) is 41.9 Å². The van der Waals surface area contributed by atoms with Crippen molar-refractivity contribution in [3.05, 3.63) is 66.0 Å². The lowest BCUT2D eigenvalue weighted by Crippen LogP contribution is -2.16. The molecule has 8 nitrogen and oxygen atoms in total. The maximum Gasteiger partial charge on any atom is 0.238 e. The molecule has 0 saturated carbocycles. The van der Waals surface area contributed by atoms with Crippen LogP contribution >= 0.6 is 0 Å². The first-order valence-corrected chi connectivity index (χ1v) is 12.2. The lowest BCUT2D eigenvalue weighted by molar-refractivity contribution is 0.598. The molecular weight excluding hydrogens is 424 g/mol. The summed E-state index contributed by atoms with van der Waals surface area (Å²) in [6.07, 6.45) is 6.11. The second-order valence-corrected chi connectivity index (χ2v) is 9.54. The van der Waals surface area contributed by atoms with Gasteiger partial charge in [-0.05, 0) is 49.4 Å². The van der Waals surface area contributed by atoms with Crippen LogP contribution in [0.1, 0.15) is 24.1 Å². The number of sulfonamides is 1. The summed E-state index contributed by atoms with van der Waals surface area (Å²) < 4.78 is 24.8. The van der Waals surface area contributed by atoms with Crippen molar-refractivity contribution in [3.8, 4) is 11.3 Å². The molecule has 4 aromatic rings. The van der Waals surface area contributed by atoms with Gasteiger partial charge in [-0.2, -0.15) is 0 Å². The molecule has 0 fully saturated rings. The largest absolute Gasteiger partial charge is 0.382 e. The molecule has 0 amide bonds. The van der Waals surface area contributed by atoms with Crippen LogP contribution in [0.25, 0.3) is 22.2 Å². The Hall–Kier alpha value is -3.30. The highest BCUT2D eigenvalue weighted by molar-refractivity contribution is 7.89. The Morgan fingerprint density at radius 3 is 2.62 bits per heavy atom. The molecule has 5 rings (SSSR count). The van der Waals surface area contributed by atoms with E-state index in [0.29, 0.717) is 13.1 Å². The standard InChI is InChI=1S/C23H24N6O2S/c24-32(30,31)17-11-9-16(10-12-17)22-15-26-28-29(22)14-13-25-23-18-5-1-3-7-20(18)27-21-8-4-2-6-19(21)23/h1,3,5,7,9-12,15H,2,4,6,8,13-14H2,(H,25,27)(H2,24,30,31). The summed E-state index contributed by atoms with van der Waals surface area (Å²) in [6.45, 7) is 1.28. The van der Waals surface area contributed by atoms with Gasteiger partial charge in [0.1, 0.15) is 0 Å². The number of aryl methyl sites for hydroxylation is 1. The summed E-state index contributed by atoms with van der Waals surface area (Å²) in [5.74, 6) is 0. The molecule has 2 aromatic heterocycles. The maximum absolute atomic E-state index is 11.5. The van der Waals surface area contributed by atoms with Gasteiger partial charge in [0.05, 0.1) is 28.8 Å². The molecule has 2 heterocycles. The number of nitrogens with two attached hydrogens (primary N) is 1. The predicted octanol–water partition coefficient (Wildman–Crippen LogP) is 3.13. The fourth-order valence-corrected chi connectivity index (χ4v) is 4.84. The van der Waals surface area contributed by atoms with E-state index in [2.05, 4.69) is 27.8 Å². The molecule has 32 heavy (non-hydrogen) atoms. The van der Waals surface area contributed by atoms with Crippen molar-refractivity contribution < 1.29 is 8.42 Å². The first kappa shape index (κ1) is 20.6. The number of para-hydroxylation sites is 1. The molecule has 1 aliphatic carbocycles. The Morgan fingerprint density at radius 2 is 1.81 bits per heavy atom. The molecule has 0 unspecified atom stereocenters. The van der Waals surface area contributed by atoms with Crippen LogP contribution in [0.15, 0.2) is 59.6 Å². The number of anilines is 1. The Bertz CT molecular complexity index is 1380. The van der Waals surface area contributed by atoms with Crippen molar-refractivity contribution in [2.45, 2.75) is 37.1 Å². The number of fused-ring (bicyclic) bond motifs is 2. The predicted molar refractivity (Wildman–Crippen MR) is 124 cm³/mol. The number of hydrogen-bond acceptors (Lipinski definition) is 6. The third-order valence-electron chi connectivity index (χ3n) is 5.89. The molecule has 0 spiro atoms. The van der Waals surface area contributed by atoms with Crippen LogP contribution in [0, 0.1) is 0 Å². The minimum absolute atomic E-state index is 0.0799. The molecule has 0 radical (unpaired) electrons. The normalized spacial score (nSPS) is 13.8. The van der Waals surface area contributed by atoms with Gasteiger partial charge < -0.3 is 5.32 Å². The van der Waals surface area contributed by atoms with Crippen LogP contribution < -0.4 is 10.5 Å². The lowest BCUT2D eigenvalue weighted by atomic mass is 9.92. The second-order valence-electron chi connectivity index (χ2n) is 7.97. The first-order chi connectivity index (χ1) is 15.5. The van der Waals surface area contributed by atoms with Gasteiger partial charge >= 0.3 is 0 Å². The van der Waals surface area contributed by atoms with E-state index < -0.39 is 10.0 Å². The monoisotopic (exact) mass is 448 g/mol. The highest BCUT2D eigenvalue weighted by Gasteiger charge is 2.18. The zero-order valence-corrected chi connectivity index (χ0v) is 18.3. The molecule has 164 valence electrons. The van der Waals surface area contributed by atoms with E-state index in [1.54, 1.807) is 18.3 Å². The molecular formula is C23H24N6O2S. The minimum atomic E-state index is -3.72. The van der Waals surface area contributed by atoms with Crippen LogP contribution in [-0.2, 0) is 29.4 Å². The number of rotatable bonds is 6. The topological polar surface area (TPSA) is 116 Å². The maximum atomic E-state index is 11.5. The fourth-order valence-electron chi connectivity index (χ4n) is 4.32. The Balaban J connectivity index is 1.38. The van der Waals surface area contributed by atoms with Crippen molar-refractivity contribution in [1.29, 1.82) is 0 Å². The van der Waals surface area contributed by atoms with E-state index in [-0.39, 0.29) is 4.90 Å². The number of pyridine rings is 1. The van der Waals surface area contributed by atoms with Crippen molar-refractivity contribution in [2.24, 2.45) is 5.14 Å². The molecule has 0 bridgehead atoms. The zero-order valence-electron chi connectivity index (χ0n) is 17.5. The third-order valence-corrected chi connectivity index (χ3v) is 6.82. The number of hydrogen-bond donors (Lipinski definition) is 2. The van der Waals surface area contributed by atoms with Crippen molar-refractivity contribution in [3.63, 3.8) is 0 Å². The Labute approximate surface area is 186 Å². The van der Waals surface area contributed by atoms with E-state index >= 15 is 0 Å². The number of aromatic nitrogens is 4. The van der Waals surface area contributed by atoms with Crippen LogP contribution in [-0.4, -0.2) is 34.9 Å². The smallest absolute Gasteiger partial charge is 0.238 e. The van der Waals surface area contributed by atoms with Gasteiger partial charge in [-0.15, -0.1) is 5.10 Å². The summed E-state index contributed by atoms with van der Waals surface area (Å²) in [6, 6.07) is 14.7. The minimum Gasteiger partial charge on any atom is -0.382 e. The molecule has 0 aliphatic heterocycles. The summed E-state index contributed by atoms with van der Waals surface area (Å²) in [4.78, 5) is 4.97. The summed E-state index contributed by atoms with van der Waals surface area (Å²) in [5.41, 5.74) is 6.36. The lowest BCUT2D eigenvalue weighted by Gasteiger charge is -2.21. The van der Waals surface area contributed by atoms with E-state index in [4.69, 9.17) is 10.1 Å². The SMILES string of the molecule is NS(=O)(=O)c1ccc(-c2cnnn2CCNc2c3c(nc4ccccc24)CCCC3)cc1. The van der Waals surface area contributed by atoms with Gasteiger partial charge in [0.15, 0.2) is 0 Å². The summed E-state index contributed by atoms with van der Waals surface area (Å²) in [5, 5.41) is 18.2. The Morgan fingerprint density at radius 1 is 1.03 bits per heavy atom. The molecule has 1 aliphatic rings. The average Bonchev–Trinajstić information content (AvgIpc) is 3.26. The molecule has 3 N–H and O–H groups in total. The molecule has 0 saturated heterocycles. The van der Waals surface area contributed by atoms with Crippen molar-refractivity contribution in [1.82, 2.24) is 20.0 Å².